The number of ether oxygens (including phenoxy) is 1. The zero-order valence-electron chi connectivity index (χ0n) is 16.7. The molecular formula is C22H20N6O. The zero-order chi connectivity index (χ0) is 20.1. The van der Waals surface area contributed by atoms with Crippen LogP contribution in [-0.2, 0) is 0 Å². The Hall–Kier alpha value is -3.74. The highest BCUT2D eigenvalue weighted by atomic mass is 16.5. The lowest BCUT2D eigenvalue weighted by atomic mass is 10.2. The number of hydrogen-bond acceptors (Lipinski definition) is 5. The van der Waals surface area contributed by atoms with E-state index >= 15 is 0 Å². The van der Waals surface area contributed by atoms with E-state index < -0.39 is 0 Å². The maximum atomic E-state index is 5.24. The van der Waals surface area contributed by atoms with Gasteiger partial charge >= 0.3 is 0 Å². The van der Waals surface area contributed by atoms with E-state index in [1.165, 1.54) is 0 Å². The first-order valence-corrected chi connectivity index (χ1v) is 9.37. The van der Waals surface area contributed by atoms with Crippen LogP contribution in [0.4, 0.5) is 0 Å². The van der Waals surface area contributed by atoms with E-state index in [0.29, 0.717) is 5.82 Å². The van der Waals surface area contributed by atoms with Gasteiger partial charge in [-0.15, -0.1) is 5.10 Å². The fourth-order valence-corrected chi connectivity index (χ4v) is 3.65. The van der Waals surface area contributed by atoms with Gasteiger partial charge in [0.15, 0.2) is 17.1 Å². The van der Waals surface area contributed by atoms with Gasteiger partial charge in [0.25, 0.3) is 0 Å². The smallest absolute Gasteiger partial charge is 0.182 e. The van der Waals surface area contributed by atoms with Crippen molar-refractivity contribution in [1.82, 2.24) is 29.1 Å². The number of aromatic nitrogens is 6. The summed E-state index contributed by atoms with van der Waals surface area (Å²) in [6.07, 6.45) is 3.53. The van der Waals surface area contributed by atoms with Crippen molar-refractivity contribution in [2.75, 3.05) is 7.11 Å². The Balaban J connectivity index is 1.75. The first kappa shape index (κ1) is 17.4. The summed E-state index contributed by atoms with van der Waals surface area (Å²) in [5.74, 6) is 2.31. The lowest BCUT2D eigenvalue weighted by molar-refractivity contribution is 0.415. The van der Waals surface area contributed by atoms with Crippen LogP contribution in [0.25, 0.3) is 33.9 Å². The molecule has 0 aliphatic heterocycles. The molecule has 5 rings (SSSR count). The molecule has 0 unspecified atom stereocenters. The van der Waals surface area contributed by atoms with Gasteiger partial charge in [-0.25, -0.2) is 19.5 Å². The van der Waals surface area contributed by atoms with Gasteiger partial charge in [0, 0.05) is 17.5 Å². The van der Waals surface area contributed by atoms with Crippen molar-refractivity contribution in [3.63, 3.8) is 0 Å². The molecule has 0 aliphatic rings. The number of pyridine rings is 1. The third-order valence-electron chi connectivity index (χ3n) is 5.31. The summed E-state index contributed by atoms with van der Waals surface area (Å²) in [5.41, 5.74) is 5.91. The summed E-state index contributed by atoms with van der Waals surface area (Å²) in [7, 11) is 1.65. The average molecular weight is 384 g/mol. The van der Waals surface area contributed by atoms with Crippen molar-refractivity contribution in [3.8, 4) is 23.0 Å². The summed E-state index contributed by atoms with van der Waals surface area (Å²) < 4.78 is 9.06. The van der Waals surface area contributed by atoms with E-state index in [4.69, 9.17) is 14.7 Å². The molecule has 0 spiro atoms. The van der Waals surface area contributed by atoms with E-state index in [-0.39, 0.29) is 0 Å². The summed E-state index contributed by atoms with van der Waals surface area (Å²) >= 11 is 0. The Morgan fingerprint density at radius 3 is 2.45 bits per heavy atom. The molecule has 7 heteroatoms. The Bertz CT molecular complexity index is 1360. The molecule has 0 radical (unpaired) electrons. The van der Waals surface area contributed by atoms with E-state index in [0.717, 1.165) is 50.6 Å². The summed E-state index contributed by atoms with van der Waals surface area (Å²) in [6, 6.07) is 11.8. The second-order valence-electron chi connectivity index (χ2n) is 7.11. The van der Waals surface area contributed by atoms with Crippen molar-refractivity contribution < 1.29 is 4.74 Å². The zero-order valence-corrected chi connectivity index (χ0v) is 16.7. The lowest BCUT2D eigenvalue weighted by Crippen LogP contribution is -2.01. The Morgan fingerprint density at radius 2 is 1.72 bits per heavy atom. The minimum Gasteiger partial charge on any atom is -0.497 e. The molecule has 5 aromatic rings. The first-order chi connectivity index (χ1) is 14.1. The van der Waals surface area contributed by atoms with Crippen LogP contribution in [0, 0.1) is 20.8 Å². The number of hydrogen-bond donors (Lipinski definition) is 0. The quantitative estimate of drug-likeness (QED) is 0.469. The Morgan fingerprint density at radius 1 is 0.931 bits per heavy atom. The summed E-state index contributed by atoms with van der Waals surface area (Å²) in [6.45, 7) is 6.23. The fourth-order valence-electron chi connectivity index (χ4n) is 3.65. The van der Waals surface area contributed by atoms with Crippen molar-refractivity contribution in [1.29, 1.82) is 0 Å². The molecule has 1 aromatic carbocycles. The molecule has 4 heterocycles. The van der Waals surface area contributed by atoms with Crippen LogP contribution in [-0.4, -0.2) is 36.2 Å². The van der Waals surface area contributed by atoms with Crippen molar-refractivity contribution in [2.45, 2.75) is 20.8 Å². The lowest BCUT2D eigenvalue weighted by Gasteiger charge is -2.07. The molecule has 0 saturated carbocycles. The van der Waals surface area contributed by atoms with Crippen molar-refractivity contribution >= 4 is 16.7 Å². The molecule has 4 aromatic heterocycles. The minimum absolute atomic E-state index is 0.653. The highest BCUT2D eigenvalue weighted by Crippen LogP contribution is 2.30. The Kier molecular flexibility index (Phi) is 3.84. The maximum absolute atomic E-state index is 5.24. The summed E-state index contributed by atoms with van der Waals surface area (Å²) in [5, 5.41) is 5.62. The van der Waals surface area contributed by atoms with Gasteiger partial charge < -0.3 is 4.74 Å². The molecule has 0 saturated heterocycles. The number of aryl methyl sites for hydroxylation is 2. The van der Waals surface area contributed by atoms with Crippen molar-refractivity contribution in [2.24, 2.45) is 0 Å². The molecular weight excluding hydrogens is 364 g/mol. The second-order valence-corrected chi connectivity index (χ2v) is 7.11. The topological polar surface area (TPSA) is 70.1 Å². The van der Waals surface area contributed by atoms with E-state index in [2.05, 4.69) is 41.5 Å². The van der Waals surface area contributed by atoms with Gasteiger partial charge in [-0.2, -0.15) is 0 Å². The number of methoxy groups -OCH3 is 1. The molecule has 0 atom stereocenters. The normalized spacial score (nSPS) is 11.4. The van der Waals surface area contributed by atoms with E-state index in [1.54, 1.807) is 18.0 Å². The van der Waals surface area contributed by atoms with Gasteiger partial charge in [0.05, 0.1) is 12.5 Å². The van der Waals surface area contributed by atoms with Crippen LogP contribution >= 0.6 is 0 Å². The monoisotopic (exact) mass is 384 g/mol. The average Bonchev–Trinajstić information content (AvgIpc) is 3.27. The largest absolute Gasteiger partial charge is 0.497 e. The van der Waals surface area contributed by atoms with E-state index in [1.807, 2.05) is 36.5 Å². The predicted molar refractivity (Wildman–Crippen MR) is 112 cm³/mol. The highest BCUT2D eigenvalue weighted by Gasteiger charge is 2.19. The van der Waals surface area contributed by atoms with Crippen LogP contribution in [0.5, 0.6) is 5.75 Å². The number of rotatable bonds is 3. The summed E-state index contributed by atoms with van der Waals surface area (Å²) in [4.78, 5) is 14.1. The molecule has 7 nitrogen and oxygen atoms in total. The van der Waals surface area contributed by atoms with Gasteiger partial charge in [0.1, 0.15) is 17.9 Å². The molecule has 0 N–H and O–H groups in total. The number of benzene rings is 1. The van der Waals surface area contributed by atoms with Crippen LogP contribution in [0.3, 0.4) is 0 Å². The molecule has 0 aliphatic carbocycles. The van der Waals surface area contributed by atoms with Gasteiger partial charge in [-0.05, 0) is 68.3 Å². The molecule has 0 fully saturated rings. The van der Waals surface area contributed by atoms with E-state index in [9.17, 15) is 0 Å². The predicted octanol–water partition coefficient (Wildman–Crippen LogP) is 4.06. The van der Waals surface area contributed by atoms with Gasteiger partial charge in [-0.3, -0.25) is 4.57 Å². The minimum atomic E-state index is 0.653. The fraction of sp³-hybridized carbons (Fsp3) is 0.182. The standard InChI is InChI=1S/C22H20N6O/c1-13-9-10-23-18(11-13)28-15(3)14(2)19-21(28)24-12-27-22(19)25-20(26-27)16-5-7-17(29-4)8-6-16/h5-12H,1-4H3. The van der Waals surface area contributed by atoms with Crippen molar-refractivity contribution in [3.05, 3.63) is 65.7 Å². The third-order valence-corrected chi connectivity index (χ3v) is 5.31. The molecule has 144 valence electrons. The van der Waals surface area contributed by atoms with Crippen LogP contribution in [0.15, 0.2) is 48.9 Å². The highest BCUT2D eigenvalue weighted by molar-refractivity contribution is 5.95. The molecule has 0 bridgehead atoms. The number of nitrogens with zero attached hydrogens (tertiary/aromatic N) is 6. The van der Waals surface area contributed by atoms with Crippen LogP contribution < -0.4 is 4.74 Å². The first-order valence-electron chi connectivity index (χ1n) is 9.37. The van der Waals surface area contributed by atoms with Gasteiger partial charge in [-0.1, -0.05) is 0 Å². The molecule has 29 heavy (non-hydrogen) atoms. The van der Waals surface area contributed by atoms with Crippen LogP contribution in [0.1, 0.15) is 16.8 Å². The number of fused-ring (bicyclic) bond motifs is 3. The molecule has 0 amide bonds. The van der Waals surface area contributed by atoms with Gasteiger partial charge in [0.2, 0.25) is 0 Å². The maximum Gasteiger partial charge on any atom is 0.182 e. The van der Waals surface area contributed by atoms with Crippen LogP contribution in [0.2, 0.25) is 0 Å². The Labute approximate surface area is 167 Å². The second kappa shape index (κ2) is 6.41. The SMILES string of the molecule is COc1ccc(-c2nc3c4c(C)c(C)n(-c5cc(C)ccn5)c4ncn3n2)cc1. The third kappa shape index (κ3) is 2.66.